The van der Waals surface area contributed by atoms with Crippen molar-refractivity contribution in [1.29, 1.82) is 0 Å². The molecule has 0 aliphatic carbocycles. The van der Waals surface area contributed by atoms with Crippen molar-refractivity contribution in [3.8, 4) is 0 Å². The van der Waals surface area contributed by atoms with E-state index in [4.69, 9.17) is 11.6 Å². The molecule has 2 aromatic rings. The van der Waals surface area contributed by atoms with Crippen molar-refractivity contribution in [3.63, 3.8) is 0 Å². The van der Waals surface area contributed by atoms with Crippen molar-refractivity contribution < 1.29 is 14.7 Å². The molecular formula is C25H30ClN5O3. The van der Waals surface area contributed by atoms with Gasteiger partial charge in [-0.1, -0.05) is 29.8 Å². The van der Waals surface area contributed by atoms with Crippen LogP contribution in [0.2, 0.25) is 5.02 Å². The van der Waals surface area contributed by atoms with Crippen molar-refractivity contribution in [3.05, 3.63) is 58.7 Å². The number of piperazine rings is 1. The summed E-state index contributed by atoms with van der Waals surface area (Å²) in [6.07, 6.45) is 2.20. The van der Waals surface area contributed by atoms with Gasteiger partial charge in [0.1, 0.15) is 17.9 Å². The van der Waals surface area contributed by atoms with Crippen LogP contribution in [0, 0.1) is 0 Å². The Bertz CT molecular complexity index is 1060. The van der Waals surface area contributed by atoms with E-state index in [-0.39, 0.29) is 31.0 Å². The van der Waals surface area contributed by atoms with Crippen molar-refractivity contribution in [2.45, 2.75) is 44.4 Å². The molecule has 1 spiro atoms. The Hall–Kier alpha value is -2.97. The van der Waals surface area contributed by atoms with E-state index in [9.17, 15) is 14.7 Å². The number of rotatable bonds is 7. The molecule has 1 N–H and O–H groups in total. The van der Waals surface area contributed by atoms with Crippen LogP contribution in [0.5, 0.6) is 0 Å². The topological polar surface area (TPSA) is 89.3 Å². The van der Waals surface area contributed by atoms with Gasteiger partial charge >= 0.3 is 0 Å². The van der Waals surface area contributed by atoms with Crippen molar-refractivity contribution in [1.82, 2.24) is 14.8 Å². The van der Waals surface area contributed by atoms with Gasteiger partial charge in [-0.3, -0.25) is 14.6 Å². The molecule has 2 aliphatic rings. The first-order valence-electron chi connectivity index (χ1n) is 11.4. The van der Waals surface area contributed by atoms with Crippen LogP contribution in [0.25, 0.3) is 0 Å². The number of nitrogens with zero attached hydrogens (tertiary/aromatic N) is 5. The Morgan fingerprint density at radius 2 is 1.94 bits per heavy atom. The van der Waals surface area contributed by atoms with Gasteiger partial charge in [0.2, 0.25) is 5.91 Å². The van der Waals surface area contributed by atoms with E-state index in [1.165, 1.54) is 0 Å². The lowest BCUT2D eigenvalue weighted by atomic mass is 9.87. The number of carbonyl (C=O) groups excluding carboxylic acids is 2. The summed E-state index contributed by atoms with van der Waals surface area (Å²) in [7, 11) is 0. The molecule has 180 valence electrons. The molecule has 3 heterocycles. The summed E-state index contributed by atoms with van der Waals surface area (Å²) in [6.45, 7) is 8.39. The van der Waals surface area contributed by atoms with Crippen LogP contribution in [0.15, 0.2) is 47.6 Å². The Balaban J connectivity index is 1.73. The number of aliphatic hydroxyl groups is 1. The molecule has 2 atom stereocenters. The second-order valence-electron chi connectivity index (χ2n) is 9.15. The zero-order valence-electron chi connectivity index (χ0n) is 19.5. The van der Waals surface area contributed by atoms with E-state index in [0.29, 0.717) is 31.1 Å². The second kappa shape index (κ2) is 9.72. The maximum Gasteiger partial charge on any atom is 0.251 e. The van der Waals surface area contributed by atoms with Gasteiger partial charge in [-0.2, -0.15) is 0 Å². The highest BCUT2D eigenvalue weighted by Crippen LogP contribution is 2.41. The quantitative estimate of drug-likeness (QED) is 0.611. The predicted molar refractivity (Wildman–Crippen MR) is 132 cm³/mol. The monoisotopic (exact) mass is 483 g/mol. The molecule has 2 saturated heterocycles. The van der Waals surface area contributed by atoms with E-state index in [1.807, 2.05) is 30.9 Å². The van der Waals surface area contributed by atoms with Crippen LogP contribution in [0.3, 0.4) is 0 Å². The fourth-order valence-electron chi connectivity index (χ4n) is 5.00. The van der Waals surface area contributed by atoms with Crippen LogP contribution in [0.4, 0.5) is 5.82 Å². The average Bonchev–Trinajstić information content (AvgIpc) is 3.26. The molecule has 0 radical (unpaired) electrons. The number of amides is 2. The van der Waals surface area contributed by atoms with E-state index in [2.05, 4.69) is 16.7 Å². The van der Waals surface area contributed by atoms with Crippen molar-refractivity contribution >= 4 is 36.0 Å². The fraction of sp³-hybridized carbons (Fsp3) is 0.440. The number of pyridine rings is 1. The second-order valence-corrected chi connectivity index (χ2v) is 9.59. The third-order valence-corrected chi connectivity index (χ3v) is 6.98. The van der Waals surface area contributed by atoms with Gasteiger partial charge in [-0.05, 0) is 56.3 Å². The number of carbonyl (C=O) groups is 2. The molecule has 4 rings (SSSR count). The highest BCUT2D eigenvalue weighted by molar-refractivity contribution is 6.30. The van der Waals surface area contributed by atoms with E-state index in [0.717, 1.165) is 16.9 Å². The van der Waals surface area contributed by atoms with Gasteiger partial charge in [0, 0.05) is 23.8 Å². The number of hydrogen-bond acceptors (Lipinski definition) is 6. The smallest absolute Gasteiger partial charge is 0.251 e. The first-order valence-corrected chi connectivity index (χ1v) is 11.8. The fourth-order valence-corrected chi connectivity index (χ4v) is 5.13. The lowest BCUT2D eigenvalue weighted by molar-refractivity contribution is -0.170. The zero-order chi connectivity index (χ0) is 24.5. The summed E-state index contributed by atoms with van der Waals surface area (Å²) < 4.78 is 0. The van der Waals surface area contributed by atoms with Gasteiger partial charge in [0.25, 0.3) is 5.91 Å². The number of halogens is 1. The summed E-state index contributed by atoms with van der Waals surface area (Å²) in [5.74, 6) is 0.465. The summed E-state index contributed by atoms with van der Waals surface area (Å²) in [5.41, 5.74) is 0.589. The number of benzene rings is 1. The molecule has 1 aromatic carbocycles. The van der Waals surface area contributed by atoms with Crippen LogP contribution in [0.1, 0.15) is 37.4 Å². The molecular weight excluding hydrogens is 454 g/mol. The van der Waals surface area contributed by atoms with Gasteiger partial charge < -0.3 is 19.8 Å². The maximum atomic E-state index is 13.9. The Morgan fingerprint density at radius 1 is 1.21 bits per heavy atom. The Morgan fingerprint density at radius 3 is 2.53 bits per heavy atom. The van der Waals surface area contributed by atoms with Gasteiger partial charge in [-0.15, -0.1) is 0 Å². The number of aliphatic imine (C=N–C) groups is 1. The summed E-state index contributed by atoms with van der Waals surface area (Å²) in [5, 5.41) is 11.0. The van der Waals surface area contributed by atoms with E-state index >= 15 is 0 Å². The van der Waals surface area contributed by atoms with Gasteiger partial charge in [-0.25, -0.2) is 4.98 Å². The molecule has 2 fully saturated rings. The lowest BCUT2D eigenvalue weighted by Gasteiger charge is -2.51. The minimum atomic E-state index is -1.10. The Labute approximate surface area is 204 Å². The maximum absolute atomic E-state index is 13.9. The summed E-state index contributed by atoms with van der Waals surface area (Å²) in [4.78, 5) is 41.2. The van der Waals surface area contributed by atoms with Gasteiger partial charge in [0.15, 0.2) is 0 Å². The average molecular weight is 484 g/mol. The van der Waals surface area contributed by atoms with Crippen LogP contribution in [-0.2, 0) is 16.1 Å². The van der Waals surface area contributed by atoms with E-state index < -0.39 is 11.6 Å². The normalized spacial score (nSPS) is 21.6. The lowest BCUT2D eigenvalue weighted by Crippen LogP contribution is -2.71. The standard InChI is InChI=1S/C25H30ClN5O3/c1-17(2)30-14-23(33)31(21(15-32)19-5-7-20(26)8-6-19)25(24(30)34)10-11-29(16-25)22-9-4-18(12-27-3)13-28-22/h4-9,13,17,21,32H,3,10-12,14-16H2,1-2H3/t21-,25+/m0/s1. The third kappa shape index (κ3) is 4.28. The molecule has 1 aromatic heterocycles. The van der Waals surface area contributed by atoms with Crippen LogP contribution in [-0.4, -0.2) is 76.2 Å². The highest BCUT2D eigenvalue weighted by Gasteiger charge is 2.58. The van der Waals surface area contributed by atoms with Crippen LogP contribution < -0.4 is 4.90 Å². The molecule has 8 nitrogen and oxygen atoms in total. The predicted octanol–water partition coefficient (Wildman–Crippen LogP) is 2.70. The molecule has 0 unspecified atom stereocenters. The number of aromatic nitrogens is 1. The molecule has 2 amide bonds. The zero-order valence-corrected chi connectivity index (χ0v) is 20.3. The van der Waals surface area contributed by atoms with Crippen molar-refractivity contribution in [2.75, 3.05) is 31.1 Å². The van der Waals surface area contributed by atoms with Crippen molar-refractivity contribution in [2.24, 2.45) is 4.99 Å². The molecule has 2 aliphatic heterocycles. The molecule has 0 saturated carbocycles. The third-order valence-electron chi connectivity index (χ3n) is 6.73. The molecule has 34 heavy (non-hydrogen) atoms. The number of hydrogen-bond donors (Lipinski definition) is 1. The Kier molecular flexibility index (Phi) is 6.91. The molecule has 9 heteroatoms. The number of anilines is 1. The SMILES string of the molecule is C=NCc1ccc(N2CC[C@@]3(C2)C(=O)N(C(C)C)CC(=O)N3[C@@H](CO)c2ccc(Cl)cc2)nc1. The van der Waals surface area contributed by atoms with E-state index in [1.54, 1.807) is 40.3 Å². The first kappa shape index (κ1) is 24.2. The highest BCUT2D eigenvalue weighted by atomic mass is 35.5. The molecule has 0 bridgehead atoms. The largest absolute Gasteiger partial charge is 0.394 e. The van der Waals surface area contributed by atoms with Crippen LogP contribution >= 0.6 is 11.6 Å². The first-order chi connectivity index (χ1) is 16.3. The number of aliphatic hydroxyl groups excluding tert-OH is 1. The summed E-state index contributed by atoms with van der Waals surface area (Å²) in [6, 6.07) is 10.1. The minimum absolute atomic E-state index is 0.0101. The van der Waals surface area contributed by atoms with Gasteiger partial charge in [0.05, 0.1) is 25.7 Å². The minimum Gasteiger partial charge on any atom is -0.394 e. The summed E-state index contributed by atoms with van der Waals surface area (Å²) >= 11 is 6.06.